The maximum Gasteiger partial charge on any atom is 0.110 e. The molecule has 4 nitrogen and oxygen atoms in total. The van der Waals surface area contributed by atoms with Gasteiger partial charge in [0, 0.05) is 23.6 Å². The van der Waals surface area contributed by atoms with Crippen molar-refractivity contribution in [2.75, 3.05) is 0 Å². The van der Waals surface area contributed by atoms with Gasteiger partial charge >= 0.3 is 0 Å². The lowest BCUT2D eigenvalue weighted by atomic mass is 9.85. The molecule has 3 rings (SSSR count). The van der Waals surface area contributed by atoms with Crippen LogP contribution in [0.2, 0.25) is 0 Å². The number of hydrogen-bond donors (Lipinski definition) is 2. The summed E-state index contributed by atoms with van der Waals surface area (Å²) in [5, 5.41) is 1.58. The molecule has 0 bridgehead atoms. The Labute approximate surface area is 108 Å². The Balaban J connectivity index is 1.97. The highest BCUT2D eigenvalue weighted by atomic mass is 15.4. The van der Waals surface area contributed by atoms with Crippen LogP contribution in [0.4, 0.5) is 0 Å². The maximum atomic E-state index is 6.40. The number of nitrogens with two attached hydrogens (primary N) is 2. The number of hydrogen-bond acceptors (Lipinski definition) is 4. The first-order valence-corrected chi connectivity index (χ1v) is 6.75. The fourth-order valence-electron chi connectivity index (χ4n) is 3.07. The maximum absolute atomic E-state index is 6.40. The predicted octanol–water partition coefficient (Wildman–Crippen LogP) is 2.17. The van der Waals surface area contributed by atoms with E-state index in [1.54, 1.807) is 11.3 Å². The van der Waals surface area contributed by atoms with Gasteiger partial charge in [0.15, 0.2) is 0 Å². The van der Waals surface area contributed by atoms with Crippen LogP contribution in [0.25, 0.3) is 0 Å². The average Bonchev–Trinajstić information content (AvgIpc) is 2.87. The molecule has 0 aromatic heterocycles. The quantitative estimate of drug-likeness (QED) is 0.695. The number of allylic oxidation sites excluding steroid dienone is 3. The Morgan fingerprint density at radius 3 is 2.83 bits per heavy atom. The van der Waals surface area contributed by atoms with Gasteiger partial charge in [0.1, 0.15) is 6.34 Å². The van der Waals surface area contributed by atoms with E-state index in [0.29, 0.717) is 5.92 Å². The second kappa shape index (κ2) is 4.61. The Morgan fingerprint density at radius 2 is 2.06 bits per heavy atom. The summed E-state index contributed by atoms with van der Waals surface area (Å²) in [5.74, 6) is 6.50. The molecule has 4 N–H and O–H groups in total. The van der Waals surface area contributed by atoms with Crippen LogP contribution in [-0.4, -0.2) is 11.3 Å². The fraction of sp³-hybridized carbons (Fsp3) is 0.500. The zero-order valence-corrected chi connectivity index (χ0v) is 10.6. The highest BCUT2D eigenvalue weighted by Gasteiger charge is 2.26. The molecular weight excluding hydrogens is 224 g/mol. The van der Waals surface area contributed by atoms with Gasteiger partial charge in [-0.2, -0.15) is 0 Å². The summed E-state index contributed by atoms with van der Waals surface area (Å²) in [4.78, 5) is 4.35. The Kier molecular flexibility index (Phi) is 2.96. The molecule has 0 unspecified atom stereocenters. The van der Waals surface area contributed by atoms with Crippen LogP contribution in [-0.2, 0) is 0 Å². The van der Waals surface area contributed by atoms with Crippen LogP contribution in [0.15, 0.2) is 39.8 Å². The largest absolute Gasteiger partial charge is 0.400 e. The first-order chi connectivity index (χ1) is 8.77. The van der Waals surface area contributed by atoms with Gasteiger partial charge in [-0.1, -0.05) is 31.4 Å². The Hall–Kier alpha value is -1.55. The molecule has 0 aromatic carbocycles. The molecule has 3 aliphatic rings. The summed E-state index contributed by atoms with van der Waals surface area (Å²) in [5.41, 5.74) is 10.5. The Morgan fingerprint density at radius 1 is 1.28 bits per heavy atom. The van der Waals surface area contributed by atoms with E-state index in [-0.39, 0.29) is 0 Å². The smallest absolute Gasteiger partial charge is 0.110 e. The summed E-state index contributed by atoms with van der Waals surface area (Å²) in [6, 6.07) is 0. The molecule has 0 spiro atoms. The SMILES string of the molecule is N/C(=C1/C2=C(CC=C2)N=CN1N)C1CCCCC1. The van der Waals surface area contributed by atoms with E-state index < -0.39 is 0 Å². The molecule has 1 aliphatic heterocycles. The fourth-order valence-corrected chi connectivity index (χ4v) is 3.07. The molecule has 1 fully saturated rings. The molecular formula is C14H20N4. The highest BCUT2D eigenvalue weighted by molar-refractivity contribution is 5.68. The van der Waals surface area contributed by atoms with Crippen molar-refractivity contribution >= 4 is 6.34 Å². The van der Waals surface area contributed by atoms with Crippen LogP contribution in [0.3, 0.4) is 0 Å². The van der Waals surface area contributed by atoms with E-state index in [0.717, 1.165) is 29.1 Å². The van der Waals surface area contributed by atoms with Gasteiger partial charge in [0.25, 0.3) is 0 Å². The molecule has 0 radical (unpaired) electrons. The molecule has 0 saturated heterocycles. The number of hydrazine groups is 1. The van der Waals surface area contributed by atoms with E-state index in [9.17, 15) is 0 Å². The van der Waals surface area contributed by atoms with Crippen LogP contribution < -0.4 is 11.6 Å². The molecule has 2 aliphatic carbocycles. The molecule has 0 amide bonds. The third-order valence-corrected chi connectivity index (χ3v) is 4.08. The minimum Gasteiger partial charge on any atom is -0.400 e. The van der Waals surface area contributed by atoms with Gasteiger partial charge in [-0.15, -0.1) is 0 Å². The van der Waals surface area contributed by atoms with Gasteiger partial charge in [-0.3, -0.25) is 5.01 Å². The Bertz CT molecular complexity index is 464. The van der Waals surface area contributed by atoms with Crippen molar-refractivity contribution in [2.45, 2.75) is 38.5 Å². The van der Waals surface area contributed by atoms with Gasteiger partial charge in [0.2, 0.25) is 0 Å². The molecule has 4 heteroatoms. The van der Waals surface area contributed by atoms with E-state index in [4.69, 9.17) is 11.6 Å². The van der Waals surface area contributed by atoms with Crippen molar-refractivity contribution in [2.24, 2.45) is 22.5 Å². The van der Waals surface area contributed by atoms with Gasteiger partial charge in [-0.05, 0) is 12.8 Å². The summed E-state index contributed by atoms with van der Waals surface area (Å²) in [7, 11) is 0. The van der Waals surface area contributed by atoms with Gasteiger partial charge < -0.3 is 5.73 Å². The first-order valence-electron chi connectivity index (χ1n) is 6.75. The van der Waals surface area contributed by atoms with Crippen LogP contribution in [0.5, 0.6) is 0 Å². The van der Waals surface area contributed by atoms with Crippen LogP contribution in [0.1, 0.15) is 38.5 Å². The molecule has 0 atom stereocenters. The van der Waals surface area contributed by atoms with Gasteiger partial charge in [-0.25, -0.2) is 10.8 Å². The van der Waals surface area contributed by atoms with Crippen molar-refractivity contribution in [3.63, 3.8) is 0 Å². The molecule has 0 aromatic rings. The molecule has 1 heterocycles. The number of nitrogens with zero attached hydrogens (tertiary/aromatic N) is 2. The topological polar surface area (TPSA) is 67.6 Å². The van der Waals surface area contributed by atoms with E-state index in [1.165, 1.54) is 32.1 Å². The zero-order chi connectivity index (χ0) is 12.5. The predicted molar refractivity (Wildman–Crippen MR) is 73.1 cm³/mol. The van der Waals surface area contributed by atoms with Gasteiger partial charge in [0.05, 0.1) is 11.4 Å². The second-order valence-electron chi connectivity index (χ2n) is 5.26. The number of aliphatic imine (C=N–C) groups is 1. The number of rotatable bonds is 1. The summed E-state index contributed by atoms with van der Waals surface area (Å²) < 4.78 is 0. The monoisotopic (exact) mass is 244 g/mol. The van der Waals surface area contributed by atoms with Crippen molar-refractivity contribution < 1.29 is 0 Å². The minimum absolute atomic E-state index is 0.481. The summed E-state index contributed by atoms with van der Waals surface area (Å²) >= 11 is 0. The van der Waals surface area contributed by atoms with Crippen molar-refractivity contribution in [1.82, 2.24) is 5.01 Å². The first kappa shape index (κ1) is 11.5. The van der Waals surface area contributed by atoms with Crippen LogP contribution >= 0.6 is 0 Å². The lowest BCUT2D eigenvalue weighted by molar-refractivity contribution is 0.389. The van der Waals surface area contributed by atoms with Crippen molar-refractivity contribution in [1.29, 1.82) is 0 Å². The summed E-state index contributed by atoms with van der Waals surface area (Å²) in [6.07, 6.45) is 13.0. The standard InChI is InChI=1S/C14H20N4/c15-13(10-5-2-1-3-6-10)14-11-7-4-8-12(11)17-9-18(14)16/h4,7,9-10H,1-3,5-6,8,15-16H2/b14-13-. The molecule has 1 saturated carbocycles. The zero-order valence-electron chi connectivity index (χ0n) is 10.6. The normalized spacial score (nSPS) is 26.8. The van der Waals surface area contributed by atoms with E-state index >= 15 is 0 Å². The lowest BCUT2D eigenvalue weighted by Gasteiger charge is -2.29. The van der Waals surface area contributed by atoms with E-state index in [1.807, 2.05) is 0 Å². The van der Waals surface area contributed by atoms with E-state index in [2.05, 4.69) is 17.1 Å². The average molecular weight is 244 g/mol. The third kappa shape index (κ3) is 1.86. The van der Waals surface area contributed by atoms with Crippen LogP contribution in [0, 0.1) is 5.92 Å². The van der Waals surface area contributed by atoms with Crippen molar-refractivity contribution in [3.8, 4) is 0 Å². The minimum atomic E-state index is 0.481. The lowest BCUT2D eigenvalue weighted by Crippen LogP contribution is -2.35. The highest BCUT2D eigenvalue weighted by Crippen LogP contribution is 2.35. The summed E-state index contributed by atoms with van der Waals surface area (Å²) in [6.45, 7) is 0. The molecule has 18 heavy (non-hydrogen) atoms. The molecule has 96 valence electrons. The van der Waals surface area contributed by atoms with Crippen molar-refractivity contribution in [3.05, 3.63) is 34.8 Å². The second-order valence-corrected chi connectivity index (χ2v) is 5.26. The third-order valence-electron chi connectivity index (χ3n) is 4.08.